The predicted octanol–water partition coefficient (Wildman–Crippen LogP) is 2.91. The number of rotatable bonds is 5. The van der Waals surface area contributed by atoms with Crippen molar-refractivity contribution in [1.29, 1.82) is 0 Å². The number of nitro benzene ring substituents is 1. The Morgan fingerprint density at radius 1 is 1.19 bits per heavy atom. The SMILES string of the molecule is Cc1cc(C(=O)NNC(=S)NCCc2ccc(Cl)cc2)ccc1[N+](=O)[O-]. The zero-order valence-electron chi connectivity index (χ0n) is 13.9. The summed E-state index contributed by atoms with van der Waals surface area (Å²) in [5.41, 5.74) is 6.83. The van der Waals surface area contributed by atoms with Crippen molar-refractivity contribution in [1.82, 2.24) is 16.2 Å². The van der Waals surface area contributed by atoms with E-state index in [9.17, 15) is 14.9 Å². The molecule has 0 aliphatic carbocycles. The number of carbonyl (C=O) groups is 1. The van der Waals surface area contributed by atoms with Gasteiger partial charge in [0, 0.05) is 28.8 Å². The van der Waals surface area contributed by atoms with Crippen LogP contribution < -0.4 is 16.2 Å². The fourth-order valence-corrected chi connectivity index (χ4v) is 2.48. The largest absolute Gasteiger partial charge is 0.361 e. The lowest BCUT2D eigenvalue weighted by Crippen LogP contribution is -2.47. The van der Waals surface area contributed by atoms with Gasteiger partial charge in [0.2, 0.25) is 0 Å². The van der Waals surface area contributed by atoms with Crippen LogP contribution in [0.4, 0.5) is 5.69 Å². The third-order valence-electron chi connectivity index (χ3n) is 3.56. The topological polar surface area (TPSA) is 96.3 Å². The van der Waals surface area contributed by atoms with Gasteiger partial charge in [0.15, 0.2) is 5.11 Å². The van der Waals surface area contributed by atoms with Gasteiger partial charge >= 0.3 is 0 Å². The first-order valence-corrected chi connectivity index (χ1v) is 8.49. The summed E-state index contributed by atoms with van der Waals surface area (Å²) in [6.07, 6.45) is 0.745. The molecule has 1 amide bonds. The second kappa shape index (κ2) is 9.12. The fourth-order valence-electron chi connectivity index (χ4n) is 2.20. The highest BCUT2D eigenvalue weighted by Crippen LogP contribution is 2.18. The maximum absolute atomic E-state index is 12.1. The lowest BCUT2D eigenvalue weighted by molar-refractivity contribution is -0.385. The number of amides is 1. The first-order chi connectivity index (χ1) is 12.4. The van der Waals surface area contributed by atoms with Crippen LogP contribution in [0.25, 0.3) is 0 Å². The van der Waals surface area contributed by atoms with E-state index >= 15 is 0 Å². The zero-order valence-corrected chi connectivity index (χ0v) is 15.5. The quantitative estimate of drug-likeness (QED) is 0.411. The van der Waals surface area contributed by atoms with E-state index in [1.54, 1.807) is 6.92 Å². The molecule has 0 saturated heterocycles. The summed E-state index contributed by atoms with van der Waals surface area (Å²) in [5, 5.41) is 14.7. The molecule has 0 aliphatic rings. The molecule has 0 heterocycles. The molecular formula is C17H17ClN4O3S. The van der Waals surface area contributed by atoms with Gasteiger partial charge in [-0.25, -0.2) is 0 Å². The molecule has 0 saturated carbocycles. The molecule has 0 fully saturated rings. The Kier molecular flexibility index (Phi) is 6.88. The van der Waals surface area contributed by atoms with Crippen molar-refractivity contribution in [3.8, 4) is 0 Å². The van der Waals surface area contributed by atoms with Crippen molar-refractivity contribution < 1.29 is 9.72 Å². The van der Waals surface area contributed by atoms with Crippen LogP contribution in [0.15, 0.2) is 42.5 Å². The van der Waals surface area contributed by atoms with Crippen molar-refractivity contribution in [2.45, 2.75) is 13.3 Å². The Bertz CT molecular complexity index is 827. The van der Waals surface area contributed by atoms with Crippen LogP contribution in [0, 0.1) is 17.0 Å². The minimum atomic E-state index is -0.491. The van der Waals surface area contributed by atoms with Gasteiger partial charge < -0.3 is 5.32 Å². The van der Waals surface area contributed by atoms with E-state index in [0.717, 1.165) is 12.0 Å². The normalized spacial score (nSPS) is 10.1. The molecule has 2 aromatic carbocycles. The van der Waals surface area contributed by atoms with Gasteiger partial charge in [-0.15, -0.1) is 0 Å². The second-order valence-electron chi connectivity index (χ2n) is 5.47. The van der Waals surface area contributed by atoms with Crippen LogP contribution in [-0.2, 0) is 6.42 Å². The number of nitro groups is 1. The van der Waals surface area contributed by atoms with E-state index in [1.807, 2.05) is 24.3 Å². The molecule has 26 heavy (non-hydrogen) atoms. The van der Waals surface area contributed by atoms with Gasteiger partial charge in [-0.3, -0.25) is 25.8 Å². The van der Waals surface area contributed by atoms with Crippen molar-refractivity contribution in [3.05, 3.63) is 74.3 Å². The molecule has 0 aromatic heterocycles. The minimum Gasteiger partial charge on any atom is -0.361 e. The average molecular weight is 393 g/mol. The maximum Gasteiger partial charge on any atom is 0.272 e. The Balaban J connectivity index is 1.77. The van der Waals surface area contributed by atoms with Gasteiger partial charge in [-0.2, -0.15) is 0 Å². The zero-order chi connectivity index (χ0) is 19.1. The molecule has 136 valence electrons. The first kappa shape index (κ1) is 19.6. The van der Waals surface area contributed by atoms with E-state index < -0.39 is 10.8 Å². The highest BCUT2D eigenvalue weighted by Gasteiger charge is 2.13. The summed E-state index contributed by atoms with van der Waals surface area (Å²) < 4.78 is 0. The number of nitrogens with zero attached hydrogens (tertiary/aromatic N) is 1. The Morgan fingerprint density at radius 2 is 1.88 bits per heavy atom. The van der Waals surface area contributed by atoms with E-state index in [2.05, 4.69) is 16.2 Å². The van der Waals surface area contributed by atoms with Gasteiger partial charge in [0.1, 0.15) is 0 Å². The van der Waals surface area contributed by atoms with Crippen molar-refractivity contribution in [2.75, 3.05) is 6.54 Å². The lowest BCUT2D eigenvalue weighted by Gasteiger charge is -2.12. The van der Waals surface area contributed by atoms with Crippen molar-refractivity contribution in [3.63, 3.8) is 0 Å². The van der Waals surface area contributed by atoms with Gasteiger partial charge in [0.05, 0.1) is 4.92 Å². The fraction of sp³-hybridized carbons (Fsp3) is 0.176. The standard InChI is InChI=1S/C17H17ClN4O3S/c1-11-10-13(4-7-15(11)22(24)25)16(23)20-21-17(26)19-9-8-12-2-5-14(18)6-3-12/h2-7,10H,8-9H2,1H3,(H,20,23)(H2,19,21,26). The summed E-state index contributed by atoms with van der Waals surface area (Å²) in [4.78, 5) is 22.4. The molecule has 0 radical (unpaired) electrons. The number of benzene rings is 2. The number of nitrogens with one attached hydrogen (secondary N) is 3. The number of aryl methyl sites for hydroxylation is 1. The molecule has 9 heteroatoms. The van der Waals surface area contributed by atoms with Crippen LogP contribution in [0.3, 0.4) is 0 Å². The molecule has 2 aromatic rings. The molecule has 0 unspecified atom stereocenters. The molecule has 7 nitrogen and oxygen atoms in total. The van der Waals surface area contributed by atoms with Crippen LogP contribution in [0.2, 0.25) is 5.02 Å². The Labute approximate surface area is 160 Å². The third kappa shape index (κ3) is 5.68. The molecule has 3 N–H and O–H groups in total. The van der Waals surface area contributed by atoms with E-state index in [1.165, 1.54) is 18.2 Å². The predicted molar refractivity (Wildman–Crippen MR) is 104 cm³/mol. The molecular weight excluding hydrogens is 376 g/mol. The van der Waals surface area contributed by atoms with Gasteiger partial charge in [-0.1, -0.05) is 23.7 Å². The second-order valence-corrected chi connectivity index (χ2v) is 6.31. The van der Waals surface area contributed by atoms with Crippen molar-refractivity contribution >= 4 is 40.5 Å². The summed E-state index contributed by atoms with van der Waals surface area (Å²) in [6, 6.07) is 11.6. The Morgan fingerprint density at radius 3 is 2.50 bits per heavy atom. The summed E-state index contributed by atoms with van der Waals surface area (Å²) >= 11 is 10.9. The van der Waals surface area contributed by atoms with Crippen LogP contribution in [0.5, 0.6) is 0 Å². The molecule has 0 aliphatic heterocycles. The molecule has 0 bridgehead atoms. The number of thiocarbonyl (C=S) groups is 1. The number of hydrogen-bond donors (Lipinski definition) is 3. The maximum atomic E-state index is 12.1. The van der Waals surface area contributed by atoms with E-state index in [4.69, 9.17) is 23.8 Å². The number of carbonyl (C=O) groups excluding carboxylic acids is 1. The van der Waals surface area contributed by atoms with Crippen molar-refractivity contribution in [2.24, 2.45) is 0 Å². The van der Waals surface area contributed by atoms with E-state index in [0.29, 0.717) is 22.7 Å². The highest BCUT2D eigenvalue weighted by molar-refractivity contribution is 7.80. The van der Waals surface area contributed by atoms with Gasteiger partial charge in [-0.05, 0) is 55.4 Å². The molecule has 0 atom stereocenters. The summed E-state index contributed by atoms with van der Waals surface area (Å²) in [7, 11) is 0. The minimum absolute atomic E-state index is 0.0334. The third-order valence-corrected chi connectivity index (χ3v) is 4.06. The monoisotopic (exact) mass is 392 g/mol. The number of hydrogen-bond acceptors (Lipinski definition) is 4. The lowest BCUT2D eigenvalue weighted by atomic mass is 10.1. The number of hydrazine groups is 1. The first-order valence-electron chi connectivity index (χ1n) is 7.70. The summed E-state index contributed by atoms with van der Waals surface area (Å²) in [5.74, 6) is -0.440. The van der Waals surface area contributed by atoms with Crippen LogP contribution in [0.1, 0.15) is 21.5 Å². The smallest absolute Gasteiger partial charge is 0.272 e. The highest BCUT2D eigenvalue weighted by atomic mass is 35.5. The average Bonchev–Trinajstić information content (AvgIpc) is 2.61. The summed E-state index contributed by atoms with van der Waals surface area (Å²) in [6.45, 7) is 2.16. The van der Waals surface area contributed by atoms with E-state index in [-0.39, 0.29) is 10.8 Å². The molecule has 0 spiro atoms. The Hall–Kier alpha value is -2.71. The number of halogens is 1. The molecule has 2 rings (SSSR count). The van der Waals surface area contributed by atoms with Crippen LogP contribution in [-0.4, -0.2) is 22.5 Å². The van der Waals surface area contributed by atoms with Crippen LogP contribution >= 0.6 is 23.8 Å². The van der Waals surface area contributed by atoms with Gasteiger partial charge in [0.25, 0.3) is 11.6 Å².